The number of hydrogen-bond acceptors (Lipinski definition) is 7. The number of rotatable bonds is 5. The second-order valence-corrected chi connectivity index (χ2v) is 7.74. The SMILES string of the molecule is CN(C)Cc1cn([C@H]2CO[C@H]3[C@@H]2OC[C@H]3OC(=O)Nc2cccc(C(F)(F)F)c2)nn1. The number of alkyl halides is 3. The van der Waals surface area contributed by atoms with Gasteiger partial charge in [0.1, 0.15) is 18.2 Å². The first-order valence-electron chi connectivity index (χ1n) is 9.64. The molecule has 4 rings (SSSR count). The van der Waals surface area contributed by atoms with Crippen molar-refractivity contribution in [2.75, 3.05) is 32.6 Å². The van der Waals surface area contributed by atoms with E-state index in [1.165, 1.54) is 12.1 Å². The van der Waals surface area contributed by atoms with E-state index in [2.05, 4.69) is 15.6 Å². The van der Waals surface area contributed by atoms with Crippen molar-refractivity contribution in [1.82, 2.24) is 19.9 Å². The fourth-order valence-corrected chi connectivity index (χ4v) is 3.70. The van der Waals surface area contributed by atoms with E-state index in [-0.39, 0.29) is 24.4 Å². The summed E-state index contributed by atoms with van der Waals surface area (Å²) in [6.45, 7) is 1.07. The maximum absolute atomic E-state index is 12.8. The van der Waals surface area contributed by atoms with Gasteiger partial charge in [0.15, 0.2) is 6.10 Å². The van der Waals surface area contributed by atoms with Gasteiger partial charge < -0.3 is 19.1 Å². The lowest BCUT2D eigenvalue weighted by molar-refractivity contribution is -0.137. The van der Waals surface area contributed by atoms with Crippen molar-refractivity contribution in [2.45, 2.75) is 37.1 Å². The fourth-order valence-electron chi connectivity index (χ4n) is 3.70. The minimum atomic E-state index is -4.51. The second kappa shape index (κ2) is 8.44. The van der Waals surface area contributed by atoms with Crippen molar-refractivity contribution in [3.05, 3.63) is 41.7 Å². The Bertz CT molecular complexity index is 935. The van der Waals surface area contributed by atoms with E-state index in [0.717, 1.165) is 17.8 Å². The first kappa shape index (κ1) is 21.5. The molecule has 0 saturated carbocycles. The Hall–Kier alpha value is -2.70. The van der Waals surface area contributed by atoms with Crippen LogP contribution >= 0.6 is 0 Å². The zero-order valence-electron chi connectivity index (χ0n) is 16.9. The van der Waals surface area contributed by atoms with Gasteiger partial charge in [0.05, 0.1) is 30.7 Å². The molecular formula is C19H22F3N5O4. The fraction of sp³-hybridized carbons (Fsp3) is 0.526. The van der Waals surface area contributed by atoms with E-state index in [1.54, 1.807) is 4.68 Å². The molecule has 12 heteroatoms. The van der Waals surface area contributed by atoms with Crippen LogP contribution in [0.5, 0.6) is 0 Å². The van der Waals surface area contributed by atoms with E-state index >= 15 is 0 Å². The van der Waals surface area contributed by atoms with E-state index in [1.807, 2.05) is 25.2 Å². The van der Waals surface area contributed by atoms with Gasteiger partial charge in [0.25, 0.3) is 0 Å². The van der Waals surface area contributed by atoms with Gasteiger partial charge in [-0.1, -0.05) is 11.3 Å². The highest BCUT2D eigenvalue weighted by atomic mass is 19.4. The number of carbonyl (C=O) groups is 1. The Morgan fingerprint density at radius 1 is 1.29 bits per heavy atom. The largest absolute Gasteiger partial charge is 0.441 e. The topological polar surface area (TPSA) is 90.7 Å². The minimum Gasteiger partial charge on any atom is -0.441 e. The third-order valence-corrected chi connectivity index (χ3v) is 5.05. The maximum Gasteiger partial charge on any atom is 0.416 e. The summed E-state index contributed by atoms with van der Waals surface area (Å²) in [6, 6.07) is 4.11. The molecule has 0 radical (unpaired) electrons. The molecule has 2 fully saturated rings. The molecule has 3 heterocycles. The Labute approximate surface area is 176 Å². The van der Waals surface area contributed by atoms with Crippen molar-refractivity contribution in [3.8, 4) is 0 Å². The Morgan fingerprint density at radius 2 is 2.06 bits per heavy atom. The van der Waals surface area contributed by atoms with Crippen LogP contribution < -0.4 is 5.32 Å². The Morgan fingerprint density at radius 3 is 2.81 bits per heavy atom. The molecule has 0 aliphatic carbocycles. The summed E-state index contributed by atoms with van der Waals surface area (Å²) in [4.78, 5) is 14.2. The van der Waals surface area contributed by atoms with Crippen molar-refractivity contribution in [1.29, 1.82) is 0 Å². The minimum absolute atomic E-state index is 0.0171. The molecule has 168 valence electrons. The van der Waals surface area contributed by atoms with E-state index in [4.69, 9.17) is 14.2 Å². The smallest absolute Gasteiger partial charge is 0.416 e. The third kappa shape index (κ3) is 4.81. The predicted octanol–water partition coefficient (Wildman–Crippen LogP) is 2.31. The third-order valence-electron chi connectivity index (χ3n) is 5.05. The average Bonchev–Trinajstić information content (AvgIpc) is 3.38. The molecule has 9 nitrogen and oxygen atoms in total. The van der Waals surface area contributed by atoms with Crippen LogP contribution in [0.3, 0.4) is 0 Å². The number of ether oxygens (including phenoxy) is 3. The highest BCUT2D eigenvalue weighted by molar-refractivity contribution is 5.84. The number of fused-ring (bicyclic) bond motifs is 1. The number of benzene rings is 1. The van der Waals surface area contributed by atoms with Crippen molar-refractivity contribution >= 4 is 11.8 Å². The normalized spacial score (nSPS) is 25.6. The van der Waals surface area contributed by atoms with Crippen molar-refractivity contribution < 1.29 is 32.2 Å². The summed E-state index contributed by atoms with van der Waals surface area (Å²) in [5.41, 5.74) is -0.0748. The van der Waals surface area contributed by atoms with Crippen molar-refractivity contribution in [3.63, 3.8) is 0 Å². The summed E-state index contributed by atoms with van der Waals surface area (Å²) >= 11 is 0. The summed E-state index contributed by atoms with van der Waals surface area (Å²) < 4.78 is 57.1. The number of carbonyl (C=O) groups excluding carboxylic acids is 1. The van der Waals surface area contributed by atoms with Gasteiger partial charge >= 0.3 is 12.3 Å². The molecule has 1 amide bonds. The number of hydrogen-bond donors (Lipinski definition) is 1. The first-order chi connectivity index (χ1) is 14.7. The lowest BCUT2D eigenvalue weighted by Gasteiger charge is -2.17. The number of anilines is 1. The molecule has 2 aromatic rings. The number of nitrogens with one attached hydrogen (secondary N) is 1. The van der Waals surface area contributed by atoms with Crippen LogP contribution in [0.4, 0.5) is 23.7 Å². The van der Waals surface area contributed by atoms with Crippen LogP contribution in [0.15, 0.2) is 30.5 Å². The lowest BCUT2D eigenvalue weighted by Crippen LogP contribution is -2.34. The molecule has 31 heavy (non-hydrogen) atoms. The van der Waals surface area contributed by atoms with Gasteiger partial charge in [-0.2, -0.15) is 13.2 Å². The molecule has 1 N–H and O–H groups in total. The van der Waals surface area contributed by atoms with Crippen LogP contribution in [0.1, 0.15) is 17.3 Å². The molecule has 0 spiro atoms. The zero-order valence-corrected chi connectivity index (χ0v) is 16.9. The molecule has 0 bridgehead atoms. The van der Waals surface area contributed by atoms with Crippen LogP contribution in [0.25, 0.3) is 0 Å². The Kier molecular flexibility index (Phi) is 5.86. The summed E-state index contributed by atoms with van der Waals surface area (Å²) in [5, 5.41) is 10.6. The van der Waals surface area contributed by atoms with Gasteiger partial charge in [-0.15, -0.1) is 5.10 Å². The lowest BCUT2D eigenvalue weighted by atomic mass is 10.1. The summed E-state index contributed by atoms with van der Waals surface area (Å²) in [6.07, 6.45) is -5.12. The van der Waals surface area contributed by atoms with Gasteiger partial charge in [-0.05, 0) is 32.3 Å². The van der Waals surface area contributed by atoms with Crippen molar-refractivity contribution in [2.24, 2.45) is 0 Å². The number of halogens is 3. The number of aromatic nitrogens is 3. The van der Waals surface area contributed by atoms with Crippen LogP contribution in [0.2, 0.25) is 0 Å². The quantitative estimate of drug-likeness (QED) is 0.762. The average molecular weight is 441 g/mol. The molecule has 2 aliphatic rings. The molecule has 1 aromatic heterocycles. The molecule has 1 aromatic carbocycles. The van der Waals surface area contributed by atoms with Gasteiger partial charge in [0, 0.05) is 12.2 Å². The zero-order chi connectivity index (χ0) is 22.2. The van der Waals surface area contributed by atoms with Gasteiger partial charge in [-0.25, -0.2) is 9.48 Å². The van der Waals surface area contributed by atoms with E-state index < -0.39 is 30.0 Å². The van der Waals surface area contributed by atoms with Gasteiger partial charge in [-0.3, -0.25) is 5.32 Å². The molecule has 2 saturated heterocycles. The van der Waals surface area contributed by atoms with Crippen LogP contribution in [-0.2, 0) is 26.9 Å². The van der Waals surface area contributed by atoms with Gasteiger partial charge in [0.2, 0.25) is 0 Å². The monoisotopic (exact) mass is 441 g/mol. The highest BCUT2D eigenvalue weighted by Crippen LogP contribution is 2.35. The van der Waals surface area contributed by atoms with E-state index in [0.29, 0.717) is 13.2 Å². The second-order valence-electron chi connectivity index (χ2n) is 7.74. The number of nitrogens with zero attached hydrogens (tertiary/aromatic N) is 4. The molecule has 4 atom stereocenters. The Balaban J connectivity index is 1.35. The maximum atomic E-state index is 12.8. The molecule has 0 unspecified atom stereocenters. The standard InChI is InChI=1S/C19H22F3N5O4/c1-26(2)7-13-8-27(25-24-13)14-9-29-17-15(10-30-16(14)17)31-18(28)23-12-5-3-4-11(6-12)19(20,21)22/h3-6,8,14-17H,7,9-10H2,1-2H3,(H,23,28)/t14-,15+,16+,17+/m0/s1. The highest BCUT2D eigenvalue weighted by Gasteiger charge is 2.50. The van der Waals surface area contributed by atoms with Crippen LogP contribution in [0, 0.1) is 0 Å². The van der Waals surface area contributed by atoms with E-state index in [9.17, 15) is 18.0 Å². The molecule has 2 aliphatic heterocycles. The summed E-state index contributed by atoms with van der Waals surface area (Å²) in [7, 11) is 3.86. The predicted molar refractivity (Wildman–Crippen MR) is 101 cm³/mol. The first-order valence-corrected chi connectivity index (χ1v) is 9.64. The summed E-state index contributed by atoms with van der Waals surface area (Å²) in [5.74, 6) is 0. The molecular weight excluding hydrogens is 419 g/mol. The number of amides is 1. The van der Waals surface area contributed by atoms with Crippen LogP contribution in [-0.4, -0.2) is 71.6 Å².